The van der Waals surface area contributed by atoms with Crippen LogP contribution in [0, 0.1) is 0 Å². The Labute approximate surface area is 370 Å². The van der Waals surface area contributed by atoms with E-state index in [0.29, 0.717) is 12.8 Å². The average Bonchev–Trinajstić information content (AvgIpc) is 3.25. The molecule has 0 spiro atoms. The minimum Gasteiger partial charge on any atom is -0.462 e. The predicted molar refractivity (Wildman–Crippen MR) is 260 cm³/mol. The molecule has 0 aliphatic heterocycles. The first-order valence-corrected chi connectivity index (χ1v) is 24.8. The van der Waals surface area contributed by atoms with Gasteiger partial charge in [-0.15, -0.1) is 0 Å². The molecular formula is C55H92O5. The second-order valence-corrected chi connectivity index (χ2v) is 16.2. The van der Waals surface area contributed by atoms with E-state index in [1.807, 2.05) is 0 Å². The Morgan fingerprint density at radius 3 is 1.10 bits per heavy atom. The van der Waals surface area contributed by atoms with E-state index in [0.717, 1.165) is 89.9 Å². The van der Waals surface area contributed by atoms with E-state index in [9.17, 15) is 14.7 Å². The number of esters is 2. The van der Waals surface area contributed by atoms with Gasteiger partial charge in [0, 0.05) is 12.8 Å². The van der Waals surface area contributed by atoms with Crippen molar-refractivity contribution in [3.8, 4) is 0 Å². The Morgan fingerprint density at radius 2 is 0.717 bits per heavy atom. The lowest BCUT2D eigenvalue weighted by atomic mass is 10.0. The quantitative estimate of drug-likeness (QED) is 0.0376. The molecule has 0 aliphatic carbocycles. The first-order chi connectivity index (χ1) is 29.6. The molecule has 60 heavy (non-hydrogen) atoms. The number of unbranched alkanes of at least 4 members (excludes halogenated alkanes) is 20. The molecule has 0 fully saturated rings. The number of hydrogen-bond donors (Lipinski definition) is 1. The summed E-state index contributed by atoms with van der Waals surface area (Å²) in [6.07, 6.45) is 70.7. The standard InChI is InChI=1S/C55H92O5/c1-3-5-7-9-11-13-15-17-18-19-20-21-22-23-24-25-26-27-28-29-30-31-32-33-34-35-36-38-40-42-44-46-48-50-55(58)60-53(51-56)52-59-54(57)49-47-45-43-41-39-37-16-14-12-10-8-6-4-2/h5,7,11,13-14,16-18,20-21,23-24,26-27,29-30,53,56H,3-4,6,8-10,12,15,19,22,25,28,31-52H2,1-2H3/b7-5-,13-11-,16-14-,18-17-,21-20-,24-23-,27-26-,30-29-. The average molecular weight is 833 g/mol. The smallest absolute Gasteiger partial charge is 0.306 e. The summed E-state index contributed by atoms with van der Waals surface area (Å²) >= 11 is 0. The van der Waals surface area contributed by atoms with Crippen LogP contribution < -0.4 is 0 Å². The summed E-state index contributed by atoms with van der Waals surface area (Å²) in [5.41, 5.74) is 0. The zero-order valence-electron chi connectivity index (χ0n) is 38.9. The molecule has 0 bridgehead atoms. The number of carbonyl (C=O) groups is 2. The lowest BCUT2D eigenvalue weighted by Gasteiger charge is -2.15. The maximum Gasteiger partial charge on any atom is 0.306 e. The van der Waals surface area contributed by atoms with Crippen molar-refractivity contribution in [2.45, 2.75) is 225 Å². The van der Waals surface area contributed by atoms with Gasteiger partial charge in [0.05, 0.1) is 6.61 Å². The van der Waals surface area contributed by atoms with Crippen LogP contribution in [0.15, 0.2) is 97.2 Å². The Hall–Kier alpha value is -3.18. The van der Waals surface area contributed by atoms with Gasteiger partial charge in [-0.1, -0.05) is 207 Å². The van der Waals surface area contributed by atoms with Crippen molar-refractivity contribution in [2.75, 3.05) is 13.2 Å². The zero-order valence-corrected chi connectivity index (χ0v) is 38.9. The minimum atomic E-state index is -0.781. The molecule has 0 aromatic carbocycles. The first kappa shape index (κ1) is 56.8. The molecule has 5 heteroatoms. The molecule has 0 heterocycles. The van der Waals surface area contributed by atoms with Crippen LogP contribution in [0.25, 0.3) is 0 Å². The van der Waals surface area contributed by atoms with Gasteiger partial charge in [0.25, 0.3) is 0 Å². The van der Waals surface area contributed by atoms with E-state index in [4.69, 9.17) is 9.47 Å². The van der Waals surface area contributed by atoms with Crippen molar-refractivity contribution in [1.82, 2.24) is 0 Å². The van der Waals surface area contributed by atoms with Crippen molar-refractivity contribution >= 4 is 11.9 Å². The van der Waals surface area contributed by atoms with Crippen LogP contribution in [0.3, 0.4) is 0 Å². The predicted octanol–water partition coefficient (Wildman–Crippen LogP) is 16.4. The van der Waals surface area contributed by atoms with Gasteiger partial charge in [0.15, 0.2) is 6.10 Å². The number of aliphatic hydroxyl groups is 1. The Balaban J connectivity index is 3.55. The second-order valence-electron chi connectivity index (χ2n) is 16.2. The zero-order chi connectivity index (χ0) is 43.5. The molecule has 1 unspecified atom stereocenters. The normalized spacial score (nSPS) is 13.1. The SMILES string of the molecule is CC/C=C\C/C=C\C/C=C\C/C=C\C/C=C\C/C=C\C/C=C\CCCCCCCCCCCCCC(=O)OC(CO)COC(=O)CCCCCCC/C=C\CCCCCC. The van der Waals surface area contributed by atoms with Crippen LogP contribution in [0.4, 0.5) is 0 Å². The highest BCUT2D eigenvalue weighted by Crippen LogP contribution is 2.14. The molecule has 5 nitrogen and oxygen atoms in total. The topological polar surface area (TPSA) is 72.8 Å². The highest BCUT2D eigenvalue weighted by atomic mass is 16.6. The van der Waals surface area contributed by atoms with E-state index in [2.05, 4.69) is 111 Å². The maximum absolute atomic E-state index is 12.2. The molecule has 0 aliphatic rings. The maximum atomic E-state index is 12.2. The monoisotopic (exact) mass is 833 g/mol. The molecule has 1 N–H and O–H groups in total. The largest absolute Gasteiger partial charge is 0.462 e. The lowest BCUT2D eigenvalue weighted by molar-refractivity contribution is -0.161. The third-order valence-corrected chi connectivity index (χ3v) is 10.4. The summed E-state index contributed by atoms with van der Waals surface area (Å²) in [4.78, 5) is 24.4. The third-order valence-electron chi connectivity index (χ3n) is 10.4. The van der Waals surface area contributed by atoms with Crippen molar-refractivity contribution < 1.29 is 24.2 Å². The number of rotatable bonds is 44. The molecule has 0 amide bonds. The molecule has 0 saturated heterocycles. The fourth-order valence-electron chi connectivity index (χ4n) is 6.65. The summed E-state index contributed by atoms with van der Waals surface area (Å²) in [6.45, 7) is 3.99. The summed E-state index contributed by atoms with van der Waals surface area (Å²) in [7, 11) is 0. The molecule has 342 valence electrons. The van der Waals surface area contributed by atoms with Gasteiger partial charge in [-0.3, -0.25) is 9.59 Å². The lowest BCUT2D eigenvalue weighted by Crippen LogP contribution is -2.28. The second kappa shape index (κ2) is 50.2. The van der Waals surface area contributed by atoms with E-state index < -0.39 is 6.10 Å². The number of aliphatic hydroxyl groups excluding tert-OH is 1. The Bertz CT molecular complexity index is 1170. The van der Waals surface area contributed by atoms with Gasteiger partial charge in [-0.25, -0.2) is 0 Å². The molecule has 0 rings (SSSR count). The Kier molecular flexibility index (Phi) is 47.5. The van der Waals surface area contributed by atoms with Crippen molar-refractivity contribution in [2.24, 2.45) is 0 Å². The van der Waals surface area contributed by atoms with Gasteiger partial charge in [0.2, 0.25) is 0 Å². The van der Waals surface area contributed by atoms with Crippen molar-refractivity contribution in [1.29, 1.82) is 0 Å². The highest BCUT2D eigenvalue weighted by Gasteiger charge is 2.16. The summed E-state index contributed by atoms with van der Waals surface area (Å²) < 4.78 is 10.6. The Morgan fingerprint density at radius 1 is 0.400 bits per heavy atom. The van der Waals surface area contributed by atoms with Gasteiger partial charge in [0.1, 0.15) is 6.61 Å². The molecule has 0 radical (unpaired) electrons. The summed E-state index contributed by atoms with van der Waals surface area (Å²) in [5.74, 6) is -0.608. The molecule has 1 atom stereocenters. The molecule has 0 saturated carbocycles. The van der Waals surface area contributed by atoms with E-state index in [-0.39, 0.29) is 25.2 Å². The highest BCUT2D eigenvalue weighted by molar-refractivity contribution is 5.70. The fraction of sp³-hybridized carbons (Fsp3) is 0.673. The fourth-order valence-corrected chi connectivity index (χ4v) is 6.65. The van der Waals surface area contributed by atoms with Crippen LogP contribution >= 0.6 is 0 Å². The van der Waals surface area contributed by atoms with E-state index in [1.54, 1.807) is 0 Å². The van der Waals surface area contributed by atoms with Gasteiger partial charge < -0.3 is 14.6 Å². The number of hydrogen-bond acceptors (Lipinski definition) is 5. The van der Waals surface area contributed by atoms with Gasteiger partial charge in [-0.05, 0) is 96.3 Å². The molecule has 0 aromatic rings. The van der Waals surface area contributed by atoms with E-state index in [1.165, 1.54) is 103 Å². The summed E-state index contributed by atoms with van der Waals surface area (Å²) in [6, 6.07) is 0. The number of carbonyl (C=O) groups excluding carboxylic acids is 2. The van der Waals surface area contributed by atoms with Crippen molar-refractivity contribution in [3.63, 3.8) is 0 Å². The number of allylic oxidation sites excluding steroid dienone is 16. The van der Waals surface area contributed by atoms with Crippen LogP contribution in [0.2, 0.25) is 0 Å². The van der Waals surface area contributed by atoms with Crippen LogP contribution in [-0.2, 0) is 19.1 Å². The first-order valence-electron chi connectivity index (χ1n) is 24.8. The third kappa shape index (κ3) is 47.5. The van der Waals surface area contributed by atoms with Crippen LogP contribution in [-0.4, -0.2) is 36.4 Å². The van der Waals surface area contributed by atoms with Gasteiger partial charge in [-0.2, -0.15) is 0 Å². The van der Waals surface area contributed by atoms with E-state index >= 15 is 0 Å². The minimum absolute atomic E-state index is 0.0748. The molecule has 0 aromatic heterocycles. The van der Waals surface area contributed by atoms with Crippen molar-refractivity contribution in [3.05, 3.63) is 97.2 Å². The molecular weight excluding hydrogens is 741 g/mol. The van der Waals surface area contributed by atoms with Crippen LogP contribution in [0.1, 0.15) is 219 Å². The van der Waals surface area contributed by atoms with Gasteiger partial charge >= 0.3 is 11.9 Å². The summed E-state index contributed by atoms with van der Waals surface area (Å²) in [5, 5.41) is 9.60. The van der Waals surface area contributed by atoms with Crippen LogP contribution in [0.5, 0.6) is 0 Å². The number of ether oxygens (including phenoxy) is 2.